The molecule has 2 rings (SSSR count). The summed E-state index contributed by atoms with van der Waals surface area (Å²) in [5.41, 5.74) is 1.65. The van der Waals surface area contributed by atoms with Crippen molar-refractivity contribution in [1.82, 2.24) is 0 Å². The number of para-hydroxylation sites is 1. The normalized spacial score (nSPS) is 10.1. The van der Waals surface area contributed by atoms with E-state index in [4.69, 9.17) is 14.2 Å². The first-order valence-electron chi connectivity index (χ1n) is 6.47. The molecule has 112 valence electrons. The molecule has 0 spiro atoms. The van der Waals surface area contributed by atoms with Gasteiger partial charge in [0.15, 0.2) is 11.5 Å². The molecule has 0 unspecified atom stereocenters. The largest absolute Gasteiger partial charge is 0.494 e. The standard InChI is InChI=1S/C16H18FNO3/c1-19-14-6-4-5-11(16(14)21-3)10-18-13-8-7-12(17)9-15(13)20-2/h4-9,18H,10H2,1-3H3. The second-order valence-corrected chi connectivity index (χ2v) is 4.35. The van der Waals surface area contributed by atoms with E-state index in [0.29, 0.717) is 29.5 Å². The van der Waals surface area contributed by atoms with Crippen molar-refractivity contribution in [3.05, 3.63) is 47.8 Å². The van der Waals surface area contributed by atoms with Gasteiger partial charge in [0.05, 0.1) is 27.0 Å². The van der Waals surface area contributed by atoms with Crippen molar-refractivity contribution < 1.29 is 18.6 Å². The number of ether oxygens (including phenoxy) is 3. The molecule has 0 aliphatic carbocycles. The smallest absolute Gasteiger partial charge is 0.165 e. The molecule has 0 aliphatic heterocycles. The Morgan fingerprint density at radius 3 is 2.38 bits per heavy atom. The van der Waals surface area contributed by atoms with E-state index in [1.165, 1.54) is 19.2 Å². The van der Waals surface area contributed by atoms with Gasteiger partial charge >= 0.3 is 0 Å². The summed E-state index contributed by atoms with van der Waals surface area (Å²) < 4.78 is 29.0. The summed E-state index contributed by atoms with van der Waals surface area (Å²) in [5.74, 6) is 1.46. The van der Waals surface area contributed by atoms with Gasteiger partial charge in [0.25, 0.3) is 0 Å². The quantitative estimate of drug-likeness (QED) is 0.884. The van der Waals surface area contributed by atoms with Gasteiger partial charge in [-0.25, -0.2) is 4.39 Å². The molecule has 4 nitrogen and oxygen atoms in total. The van der Waals surface area contributed by atoms with Crippen LogP contribution in [-0.4, -0.2) is 21.3 Å². The Labute approximate surface area is 123 Å². The van der Waals surface area contributed by atoms with Gasteiger partial charge in [-0.3, -0.25) is 0 Å². The molecule has 0 radical (unpaired) electrons. The van der Waals surface area contributed by atoms with Crippen LogP contribution in [0.1, 0.15) is 5.56 Å². The Balaban J connectivity index is 2.20. The number of hydrogen-bond acceptors (Lipinski definition) is 4. The third-order valence-corrected chi connectivity index (χ3v) is 3.12. The summed E-state index contributed by atoms with van der Waals surface area (Å²) in [7, 11) is 4.70. The second-order valence-electron chi connectivity index (χ2n) is 4.35. The van der Waals surface area contributed by atoms with Gasteiger partial charge in [0.1, 0.15) is 11.6 Å². The SMILES string of the molecule is COc1cc(F)ccc1NCc1cccc(OC)c1OC. The number of hydrogen-bond donors (Lipinski definition) is 1. The molecule has 0 bridgehead atoms. The third kappa shape index (κ3) is 3.37. The highest BCUT2D eigenvalue weighted by atomic mass is 19.1. The molecule has 21 heavy (non-hydrogen) atoms. The number of anilines is 1. The average Bonchev–Trinajstić information content (AvgIpc) is 2.52. The Morgan fingerprint density at radius 1 is 0.952 bits per heavy atom. The van der Waals surface area contributed by atoms with Crippen LogP contribution in [0.15, 0.2) is 36.4 Å². The first-order valence-corrected chi connectivity index (χ1v) is 6.47. The maximum atomic E-state index is 13.2. The fourth-order valence-electron chi connectivity index (χ4n) is 2.09. The molecular formula is C16H18FNO3. The van der Waals surface area contributed by atoms with Crippen molar-refractivity contribution in [1.29, 1.82) is 0 Å². The molecule has 0 aliphatic rings. The highest BCUT2D eigenvalue weighted by Crippen LogP contribution is 2.32. The minimum Gasteiger partial charge on any atom is -0.494 e. The van der Waals surface area contributed by atoms with E-state index in [1.54, 1.807) is 20.3 Å². The van der Waals surface area contributed by atoms with Crippen LogP contribution < -0.4 is 19.5 Å². The highest BCUT2D eigenvalue weighted by molar-refractivity contribution is 5.57. The Morgan fingerprint density at radius 2 is 1.71 bits per heavy atom. The van der Waals surface area contributed by atoms with Crippen molar-refractivity contribution in [2.75, 3.05) is 26.6 Å². The first kappa shape index (κ1) is 15.0. The number of methoxy groups -OCH3 is 3. The predicted octanol–water partition coefficient (Wildman–Crippen LogP) is 3.46. The van der Waals surface area contributed by atoms with E-state index in [0.717, 1.165) is 5.56 Å². The van der Waals surface area contributed by atoms with Crippen LogP contribution in [0.4, 0.5) is 10.1 Å². The van der Waals surface area contributed by atoms with Crippen LogP contribution in [0.5, 0.6) is 17.2 Å². The van der Waals surface area contributed by atoms with Gasteiger partial charge < -0.3 is 19.5 Å². The van der Waals surface area contributed by atoms with Crippen LogP contribution in [0, 0.1) is 5.82 Å². The van der Waals surface area contributed by atoms with Gasteiger partial charge in [-0.2, -0.15) is 0 Å². The molecule has 0 amide bonds. The summed E-state index contributed by atoms with van der Waals surface area (Å²) in [4.78, 5) is 0. The Hall–Kier alpha value is -2.43. The number of nitrogens with one attached hydrogen (secondary N) is 1. The summed E-state index contributed by atoms with van der Waals surface area (Å²) in [6.07, 6.45) is 0. The predicted molar refractivity (Wildman–Crippen MR) is 79.8 cm³/mol. The molecule has 5 heteroatoms. The zero-order chi connectivity index (χ0) is 15.2. The fraction of sp³-hybridized carbons (Fsp3) is 0.250. The van der Waals surface area contributed by atoms with Gasteiger partial charge in [0, 0.05) is 18.2 Å². The van der Waals surface area contributed by atoms with E-state index in [1.807, 2.05) is 18.2 Å². The third-order valence-electron chi connectivity index (χ3n) is 3.12. The van der Waals surface area contributed by atoms with Crippen molar-refractivity contribution in [3.8, 4) is 17.2 Å². The summed E-state index contributed by atoms with van der Waals surface area (Å²) >= 11 is 0. The first-order chi connectivity index (χ1) is 10.2. The molecule has 2 aromatic carbocycles. The van der Waals surface area contributed by atoms with E-state index in [2.05, 4.69) is 5.32 Å². The van der Waals surface area contributed by atoms with Crippen LogP contribution >= 0.6 is 0 Å². The van der Waals surface area contributed by atoms with Crippen LogP contribution in [0.2, 0.25) is 0 Å². The Kier molecular flexibility index (Phi) is 4.87. The lowest BCUT2D eigenvalue weighted by Crippen LogP contribution is -2.04. The van der Waals surface area contributed by atoms with E-state index < -0.39 is 0 Å². The molecule has 0 fully saturated rings. The van der Waals surface area contributed by atoms with Gasteiger partial charge in [-0.05, 0) is 18.2 Å². The maximum absolute atomic E-state index is 13.2. The molecular weight excluding hydrogens is 273 g/mol. The monoisotopic (exact) mass is 291 g/mol. The second kappa shape index (κ2) is 6.83. The van der Waals surface area contributed by atoms with Crippen molar-refractivity contribution >= 4 is 5.69 Å². The number of rotatable bonds is 6. The zero-order valence-electron chi connectivity index (χ0n) is 12.3. The van der Waals surface area contributed by atoms with Crippen molar-refractivity contribution in [3.63, 3.8) is 0 Å². The zero-order valence-corrected chi connectivity index (χ0v) is 12.3. The molecule has 0 saturated heterocycles. The summed E-state index contributed by atoms with van der Waals surface area (Å²) in [5, 5.41) is 3.21. The van der Waals surface area contributed by atoms with Crippen LogP contribution in [-0.2, 0) is 6.54 Å². The molecule has 0 aromatic heterocycles. The fourth-order valence-corrected chi connectivity index (χ4v) is 2.09. The minimum atomic E-state index is -0.337. The van der Waals surface area contributed by atoms with Crippen molar-refractivity contribution in [2.45, 2.75) is 6.54 Å². The average molecular weight is 291 g/mol. The topological polar surface area (TPSA) is 39.7 Å². The molecule has 0 saturated carbocycles. The summed E-state index contributed by atoms with van der Waals surface area (Å²) in [6, 6.07) is 10.0. The molecule has 0 atom stereocenters. The molecule has 0 heterocycles. The lowest BCUT2D eigenvalue weighted by Gasteiger charge is -2.15. The van der Waals surface area contributed by atoms with Crippen molar-refractivity contribution in [2.24, 2.45) is 0 Å². The lowest BCUT2D eigenvalue weighted by molar-refractivity contribution is 0.352. The Bertz CT molecular complexity index is 616. The van der Waals surface area contributed by atoms with E-state index >= 15 is 0 Å². The van der Waals surface area contributed by atoms with E-state index in [-0.39, 0.29) is 5.82 Å². The molecule has 1 N–H and O–H groups in total. The number of benzene rings is 2. The number of halogens is 1. The minimum absolute atomic E-state index is 0.337. The van der Waals surface area contributed by atoms with Gasteiger partial charge in [-0.1, -0.05) is 12.1 Å². The molecule has 2 aromatic rings. The van der Waals surface area contributed by atoms with Crippen LogP contribution in [0.3, 0.4) is 0 Å². The summed E-state index contributed by atoms with van der Waals surface area (Å²) in [6.45, 7) is 0.502. The van der Waals surface area contributed by atoms with E-state index in [9.17, 15) is 4.39 Å². The lowest BCUT2D eigenvalue weighted by atomic mass is 10.1. The van der Waals surface area contributed by atoms with Gasteiger partial charge in [0.2, 0.25) is 0 Å². The van der Waals surface area contributed by atoms with Crippen LogP contribution in [0.25, 0.3) is 0 Å². The van der Waals surface area contributed by atoms with Gasteiger partial charge in [-0.15, -0.1) is 0 Å². The maximum Gasteiger partial charge on any atom is 0.165 e. The highest BCUT2D eigenvalue weighted by Gasteiger charge is 2.10.